The van der Waals surface area contributed by atoms with Crippen LogP contribution in [0.2, 0.25) is 45.9 Å². The number of nitriles is 2. The first-order valence-corrected chi connectivity index (χ1v) is 33.4. The van der Waals surface area contributed by atoms with Crippen molar-refractivity contribution in [2.24, 2.45) is 5.73 Å². The van der Waals surface area contributed by atoms with Crippen LogP contribution in [0, 0.1) is 71.1 Å². The van der Waals surface area contributed by atoms with E-state index < -0.39 is 29.8 Å². The minimum Gasteiger partial charge on any atom is -0.870 e. The number of thiophene rings is 2. The predicted molar refractivity (Wildman–Crippen MR) is 400 cm³/mol. The number of amides is 1. The molecule has 9 N–H and O–H groups in total. The van der Waals surface area contributed by atoms with Gasteiger partial charge in [-0.3, -0.25) is 9.59 Å². The third kappa shape index (κ3) is 31.2. The first-order chi connectivity index (χ1) is 47.9. The maximum Gasteiger partial charge on any atom is 1.00 e. The molecule has 42 heteroatoms. The van der Waals surface area contributed by atoms with E-state index in [4.69, 9.17) is 166 Å². The largest absolute Gasteiger partial charge is 1.00 e. The molecule has 105 heavy (non-hydrogen) atoms. The van der Waals surface area contributed by atoms with Gasteiger partial charge in [-0.05, 0) is 79.7 Å². The van der Waals surface area contributed by atoms with Crippen LogP contribution in [0.25, 0.3) is 20.4 Å². The second kappa shape index (κ2) is 50.7. The van der Waals surface area contributed by atoms with Gasteiger partial charge in [-0.2, -0.15) is 30.3 Å². The normalized spacial score (nSPS) is 9.44. The summed E-state index contributed by atoms with van der Waals surface area (Å²) in [6, 6.07) is 15.1. The molecular formula is C63H63Cl9LiN12NaO16S3. The quantitative estimate of drug-likeness (QED) is 0.0246. The second-order valence-electron chi connectivity index (χ2n) is 18.9. The number of nitrogens with two attached hydrogens (primary N) is 3. The molecule has 9 heterocycles. The molecule has 0 spiro atoms. The molecule has 9 aromatic heterocycles. The Labute approximate surface area is 695 Å². The van der Waals surface area contributed by atoms with Crippen molar-refractivity contribution in [1.82, 2.24) is 34.9 Å². The van der Waals surface area contributed by atoms with E-state index in [-0.39, 0.29) is 151 Å². The average molecular weight is 1690 g/mol. The Morgan fingerprint density at radius 2 is 0.838 bits per heavy atom. The molecular weight excluding hydrogens is 1630 g/mol. The second-order valence-corrected chi connectivity index (χ2v) is 24.6. The number of carbonyl (C=O) groups is 6. The molecule has 28 nitrogen and oxygen atoms in total. The molecule has 0 unspecified atom stereocenters. The van der Waals surface area contributed by atoms with Crippen LogP contribution in [0.1, 0.15) is 108 Å². The molecule has 0 saturated heterocycles. The molecule has 0 aromatic carbocycles. The van der Waals surface area contributed by atoms with Gasteiger partial charge in [-0.15, -0.1) is 22.7 Å². The maximum absolute atomic E-state index is 11.5. The van der Waals surface area contributed by atoms with Crippen LogP contribution in [0.15, 0.2) is 42.5 Å². The van der Waals surface area contributed by atoms with E-state index in [1.807, 2.05) is 26.0 Å². The third-order valence-electron chi connectivity index (χ3n) is 11.6. The van der Waals surface area contributed by atoms with E-state index in [1.54, 1.807) is 79.0 Å². The number of methoxy groups -OCH3 is 5. The Balaban J connectivity index is -0.00000114. The summed E-state index contributed by atoms with van der Waals surface area (Å²) in [5, 5.41) is 45.7. The Morgan fingerprint density at radius 3 is 1.15 bits per heavy atom. The van der Waals surface area contributed by atoms with Crippen LogP contribution >= 0.6 is 140 Å². The number of carboxylic acids is 2. The summed E-state index contributed by atoms with van der Waals surface area (Å²) in [6.45, 7) is 14.4. The van der Waals surface area contributed by atoms with Crippen LogP contribution in [-0.4, -0.2) is 141 Å². The Morgan fingerprint density at radius 1 is 0.505 bits per heavy atom. The number of hydrogen-bond donors (Lipinski definition) is 6. The zero-order valence-electron chi connectivity index (χ0n) is 58.5. The summed E-state index contributed by atoms with van der Waals surface area (Å²) in [6.07, 6.45) is 0. The fraction of sp³-hybridized carbons (Fsp3) is 0.254. The number of rotatable bonds is 10. The van der Waals surface area contributed by atoms with E-state index >= 15 is 0 Å². The minimum atomic E-state index is -1.17. The molecule has 9 rings (SSSR count). The summed E-state index contributed by atoms with van der Waals surface area (Å²) in [5.41, 5.74) is 22.8. The number of primary amides is 1. The Kier molecular flexibility index (Phi) is 49.5. The molecule has 0 atom stereocenters. The van der Waals surface area contributed by atoms with Crippen molar-refractivity contribution in [2.75, 3.05) is 66.5 Å². The fourth-order valence-electron chi connectivity index (χ4n) is 7.35. The number of fused-ring (bicyclic) bond motifs is 2. The molecule has 1 amide bonds. The number of aromatic nitrogens is 7. The summed E-state index contributed by atoms with van der Waals surface area (Å²) >= 11 is 57.0. The third-order valence-corrected chi connectivity index (χ3v) is 16.6. The number of carbonyl (C=O) groups excluding carboxylic acids is 4. The van der Waals surface area contributed by atoms with Crippen molar-refractivity contribution in [3.05, 3.63) is 166 Å². The number of hydrogen-bond acceptors (Lipinski definition) is 28. The van der Waals surface area contributed by atoms with Gasteiger partial charge in [0.25, 0.3) is 5.91 Å². The van der Waals surface area contributed by atoms with Gasteiger partial charge in [0, 0.05) is 58.1 Å². The van der Waals surface area contributed by atoms with Crippen molar-refractivity contribution in [3.8, 4) is 29.4 Å². The average Bonchev–Trinajstić information content (AvgIpc) is 1.64. The van der Waals surface area contributed by atoms with E-state index in [9.17, 15) is 28.8 Å². The van der Waals surface area contributed by atoms with Crippen LogP contribution in [0.4, 0.5) is 11.4 Å². The molecule has 0 aliphatic heterocycles. The zero-order valence-corrected chi connectivity index (χ0v) is 69.9. The van der Waals surface area contributed by atoms with Crippen LogP contribution < -0.4 is 84.9 Å². The number of carboxylic acid groups (broad SMARTS) is 2. The van der Waals surface area contributed by atoms with E-state index in [0.29, 0.717) is 76.0 Å². The number of halogens is 9. The summed E-state index contributed by atoms with van der Waals surface area (Å²) in [7, 11) is 7.97. The zero-order chi connectivity index (χ0) is 78.3. The van der Waals surface area contributed by atoms with E-state index in [2.05, 4.69) is 57.0 Å². The molecule has 9 aromatic rings. The van der Waals surface area contributed by atoms with Gasteiger partial charge >= 0.3 is 78.3 Å². The van der Waals surface area contributed by atoms with Gasteiger partial charge in [0.05, 0.1) is 95.7 Å². The van der Waals surface area contributed by atoms with Crippen molar-refractivity contribution < 1.29 is 126 Å². The van der Waals surface area contributed by atoms with Gasteiger partial charge < -0.3 is 66.4 Å². The monoisotopic (exact) mass is 1680 g/mol. The summed E-state index contributed by atoms with van der Waals surface area (Å²) in [5.74, 6) is -2.36. The van der Waals surface area contributed by atoms with E-state index in [0.717, 1.165) is 35.5 Å². The molecule has 0 radical (unpaired) electrons. The van der Waals surface area contributed by atoms with Crippen LogP contribution in [-0.2, 0) is 19.0 Å². The first kappa shape index (κ1) is 102. The summed E-state index contributed by atoms with van der Waals surface area (Å²) < 4.78 is 29.0. The molecule has 554 valence electrons. The molecule has 0 fully saturated rings. The van der Waals surface area contributed by atoms with Crippen molar-refractivity contribution in [2.45, 2.75) is 55.4 Å². The minimum absolute atomic E-state index is 0. The SMILES string of the molecule is CCOC(=O)c1c(Cl)cc(C)nc1Cl.COC(=O)CS.COC(=O)c1sc2nc(C)cc(OC)c2c1N.COc1cc(C)nc(Cl)c1C#N.COc1cc(C)nc2sc(C(=O)O)c(N)c12.C[O-].Cc1cc(Cl)c(C#N)c(Cl)n1.Cc1cc(Cl)c(C(=O)O)c(Cl)n1.Cc1cc(Cl)c(C(N)=O)c(Cl)n1.[Li+].[Na+].[OH-]. The van der Waals surface area contributed by atoms with Gasteiger partial charge in [0.2, 0.25) is 0 Å². The fourth-order valence-corrected chi connectivity index (χ4v) is 12.5. The van der Waals surface area contributed by atoms with Gasteiger partial charge in [-0.1, -0.05) is 104 Å². The smallest absolute Gasteiger partial charge is 0.870 e. The molecule has 0 aliphatic rings. The number of anilines is 2. The topological polar surface area (TPSA) is 467 Å². The molecule has 0 aliphatic carbocycles. The van der Waals surface area contributed by atoms with Crippen LogP contribution in [0.3, 0.4) is 0 Å². The first-order valence-electron chi connectivity index (χ1n) is 27.8. The molecule has 0 bridgehead atoms. The molecule has 0 saturated carbocycles. The van der Waals surface area contributed by atoms with Gasteiger partial charge in [-0.25, -0.2) is 54.1 Å². The van der Waals surface area contributed by atoms with Gasteiger partial charge in [0.15, 0.2) is 5.15 Å². The maximum atomic E-state index is 11.5. The predicted octanol–water partition coefficient (Wildman–Crippen LogP) is 8.33. The number of aromatic carboxylic acids is 2. The Hall–Kier alpha value is -6.75. The summed E-state index contributed by atoms with van der Waals surface area (Å²) in [4.78, 5) is 94.6. The number of ether oxygens (including phenoxy) is 6. The standard InChI is InChI=1S/C11H12N2O3S.C10H10N2O3S.C9H9Cl2NO2.C8H7ClN2O.C7H6Cl2N2O.C7H4Cl2N2.C7H5Cl2NO2.C3H6O2S.CH3O.Li.Na.H2O/c1-5-4-6(15-2)7-8(12)9(11(14)16-3)17-10(7)13-5;1-4-3-5(15-2)6-7(11)8(10(13)14)16-9(6)12-4;1-3-14-9(13)7-6(10)4-5(2)12-8(7)11;1-5-3-7(12-2)6(4-10)8(9)11-5;1-3-2-4(8)5(7(10)12)6(9)11-3;1-4-2-6(8)5(3-10)7(9)11-4;1-3-2-4(8)5(7(11)12)6(9)10-3;1-5-3(4)2-6;1-2;;;/h4H,12H2,1-3H3;3H,11H2,1-2H3,(H,13,14);4H,3H2,1-2H3;3H,1-2H3;2H,1H3,(H2,10,12);2H,1H3;2H,1H3,(H,11,12);6H,2H2,1H3;1H3;;;1H2/q;;;;;;;;-1;2*+1;/p-1. The van der Waals surface area contributed by atoms with Crippen molar-refractivity contribution >= 4 is 207 Å². The number of thiol groups is 1. The number of aryl methyl sites for hydroxylation is 7. The number of pyridine rings is 7. The number of esters is 3. The van der Waals surface area contributed by atoms with Crippen molar-refractivity contribution in [3.63, 3.8) is 0 Å². The number of nitrogens with zero attached hydrogens (tertiary/aromatic N) is 9. The van der Waals surface area contributed by atoms with Crippen molar-refractivity contribution in [1.29, 1.82) is 10.5 Å². The number of nitrogen functional groups attached to an aromatic ring is 2. The Bertz CT molecular complexity index is 4450. The van der Waals surface area contributed by atoms with E-state index in [1.165, 1.54) is 51.9 Å². The van der Waals surface area contributed by atoms with Gasteiger partial charge in [0.1, 0.15) is 91.7 Å². The van der Waals surface area contributed by atoms with Crippen LogP contribution in [0.5, 0.6) is 17.2 Å².